The quantitative estimate of drug-likeness (QED) is 0.374. The van der Waals surface area contributed by atoms with Gasteiger partial charge < -0.3 is 16.0 Å². The van der Waals surface area contributed by atoms with Crippen LogP contribution >= 0.6 is 11.6 Å². The van der Waals surface area contributed by atoms with E-state index in [-0.39, 0.29) is 5.91 Å². The molecule has 0 atom stereocenters. The number of halogens is 1. The second-order valence-electron chi connectivity index (χ2n) is 6.80. The summed E-state index contributed by atoms with van der Waals surface area (Å²) < 4.78 is 0. The van der Waals surface area contributed by atoms with Crippen LogP contribution in [0.15, 0.2) is 61.4 Å². The summed E-state index contributed by atoms with van der Waals surface area (Å²) in [5.74, 6) is 0.964. The number of rotatable bonds is 6. The van der Waals surface area contributed by atoms with Crippen molar-refractivity contribution in [3.8, 4) is 11.3 Å². The van der Waals surface area contributed by atoms with Crippen molar-refractivity contribution in [1.82, 2.24) is 24.9 Å². The van der Waals surface area contributed by atoms with Crippen molar-refractivity contribution in [2.75, 3.05) is 23.0 Å². The molecule has 1 amide bonds. The Labute approximate surface area is 189 Å². The van der Waals surface area contributed by atoms with Gasteiger partial charge >= 0.3 is 0 Å². The van der Waals surface area contributed by atoms with Gasteiger partial charge in [0.2, 0.25) is 0 Å². The number of aryl methyl sites for hydroxylation is 1. The van der Waals surface area contributed by atoms with Gasteiger partial charge in [0, 0.05) is 42.4 Å². The van der Waals surface area contributed by atoms with E-state index in [1.807, 2.05) is 13.0 Å². The molecule has 0 saturated heterocycles. The molecule has 0 radical (unpaired) electrons. The van der Waals surface area contributed by atoms with Crippen molar-refractivity contribution in [3.63, 3.8) is 0 Å². The lowest BCUT2D eigenvalue weighted by Gasteiger charge is -2.14. The average molecular weight is 447 g/mol. The van der Waals surface area contributed by atoms with Gasteiger partial charge in [0.25, 0.3) is 5.91 Å². The number of anilines is 4. The lowest BCUT2D eigenvalue weighted by Crippen LogP contribution is -2.12. The van der Waals surface area contributed by atoms with Crippen LogP contribution in [0, 0.1) is 6.92 Å². The van der Waals surface area contributed by atoms with Gasteiger partial charge in [-0.25, -0.2) is 24.9 Å². The fourth-order valence-electron chi connectivity index (χ4n) is 2.97. The Kier molecular flexibility index (Phi) is 6.18. The number of amides is 1. The summed E-state index contributed by atoms with van der Waals surface area (Å²) in [5.41, 5.74) is 4.07. The number of nitrogens with one attached hydrogen (secondary N) is 3. The predicted octanol–water partition coefficient (Wildman–Crippen LogP) is 4.33. The first-order valence-electron chi connectivity index (χ1n) is 9.64. The molecular formula is C22H19ClN8O. The Morgan fingerprint density at radius 3 is 2.69 bits per heavy atom. The number of benzene rings is 1. The highest BCUT2D eigenvalue weighted by atomic mass is 35.5. The Hall–Kier alpha value is -4.11. The molecule has 0 aliphatic carbocycles. The molecule has 0 aliphatic heterocycles. The molecule has 32 heavy (non-hydrogen) atoms. The number of aromatic nitrogens is 5. The largest absolute Gasteiger partial charge is 0.373 e. The highest BCUT2D eigenvalue weighted by Gasteiger charge is 2.13. The van der Waals surface area contributed by atoms with Crippen molar-refractivity contribution < 1.29 is 4.79 Å². The zero-order chi connectivity index (χ0) is 22.5. The summed E-state index contributed by atoms with van der Waals surface area (Å²) in [7, 11) is 1.78. The van der Waals surface area contributed by atoms with Gasteiger partial charge in [-0.2, -0.15) is 0 Å². The number of hydrogen-bond acceptors (Lipinski definition) is 8. The molecule has 3 aromatic heterocycles. The Balaban J connectivity index is 1.62. The van der Waals surface area contributed by atoms with E-state index in [9.17, 15) is 4.79 Å². The van der Waals surface area contributed by atoms with Crippen molar-refractivity contribution in [3.05, 3.63) is 77.7 Å². The molecular weight excluding hydrogens is 428 g/mol. The van der Waals surface area contributed by atoms with Crippen LogP contribution < -0.4 is 16.0 Å². The number of pyridine rings is 1. The van der Waals surface area contributed by atoms with E-state index in [2.05, 4.69) is 40.9 Å². The minimum atomic E-state index is -0.271. The van der Waals surface area contributed by atoms with E-state index in [1.165, 1.54) is 18.9 Å². The standard InChI is InChI=1S/C22H19ClN8O/c1-13-3-4-14(22(32)30-15-5-6-26-19(23)8-15)7-17(13)31-21-16(10-25-11-29-21)18-9-20(24-2)28-12-27-18/h3-12H,1-2H3,(H,24,27,28)(H,25,29,31)(H,26,30,32). The monoisotopic (exact) mass is 446 g/mol. The van der Waals surface area contributed by atoms with Crippen LogP contribution in [0.25, 0.3) is 11.3 Å². The van der Waals surface area contributed by atoms with E-state index in [0.717, 1.165) is 11.3 Å². The molecule has 9 nitrogen and oxygen atoms in total. The van der Waals surface area contributed by atoms with Crippen LogP contribution in [0.4, 0.5) is 23.0 Å². The van der Waals surface area contributed by atoms with Crippen LogP contribution in [-0.4, -0.2) is 37.9 Å². The second kappa shape index (κ2) is 9.36. The Morgan fingerprint density at radius 1 is 1.00 bits per heavy atom. The van der Waals surface area contributed by atoms with Crippen molar-refractivity contribution in [2.24, 2.45) is 0 Å². The summed E-state index contributed by atoms with van der Waals surface area (Å²) in [6.07, 6.45) is 6.13. The fraction of sp³-hybridized carbons (Fsp3) is 0.0909. The van der Waals surface area contributed by atoms with Crippen LogP contribution in [-0.2, 0) is 0 Å². The highest BCUT2D eigenvalue weighted by Crippen LogP contribution is 2.29. The molecule has 0 spiro atoms. The number of hydrogen-bond donors (Lipinski definition) is 3. The molecule has 4 rings (SSSR count). The lowest BCUT2D eigenvalue weighted by atomic mass is 10.1. The topological polar surface area (TPSA) is 118 Å². The molecule has 0 bridgehead atoms. The summed E-state index contributed by atoms with van der Waals surface area (Å²) in [5, 5.41) is 9.41. The molecule has 0 unspecified atom stereocenters. The van der Waals surface area contributed by atoms with Crippen LogP contribution in [0.1, 0.15) is 15.9 Å². The summed E-state index contributed by atoms with van der Waals surface area (Å²) in [6, 6.07) is 10.4. The third kappa shape index (κ3) is 4.79. The van der Waals surface area contributed by atoms with Gasteiger partial charge in [-0.15, -0.1) is 0 Å². The molecule has 3 N–H and O–H groups in total. The van der Waals surface area contributed by atoms with Gasteiger partial charge in [0.15, 0.2) is 0 Å². The van der Waals surface area contributed by atoms with Gasteiger partial charge in [0.1, 0.15) is 29.4 Å². The zero-order valence-electron chi connectivity index (χ0n) is 17.3. The summed E-state index contributed by atoms with van der Waals surface area (Å²) >= 11 is 5.90. The van der Waals surface area contributed by atoms with Crippen molar-refractivity contribution in [1.29, 1.82) is 0 Å². The first kappa shape index (κ1) is 21.1. The van der Waals surface area contributed by atoms with Gasteiger partial charge in [-0.05, 0) is 36.8 Å². The molecule has 0 fully saturated rings. The normalized spacial score (nSPS) is 10.5. The SMILES string of the molecule is CNc1cc(-c2cncnc2Nc2cc(C(=O)Nc3ccnc(Cl)c3)ccc2C)ncn1. The van der Waals surface area contributed by atoms with E-state index in [4.69, 9.17) is 11.6 Å². The molecule has 1 aromatic carbocycles. The number of carbonyl (C=O) groups excluding carboxylic acids is 1. The van der Waals surface area contributed by atoms with Crippen LogP contribution in [0.5, 0.6) is 0 Å². The maximum absolute atomic E-state index is 12.7. The van der Waals surface area contributed by atoms with Gasteiger partial charge in [0.05, 0.1) is 11.3 Å². The van der Waals surface area contributed by atoms with E-state index in [1.54, 1.807) is 43.6 Å². The molecule has 3 heterocycles. The van der Waals surface area contributed by atoms with Crippen LogP contribution in [0.3, 0.4) is 0 Å². The second-order valence-corrected chi connectivity index (χ2v) is 7.19. The van der Waals surface area contributed by atoms with E-state index in [0.29, 0.717) is 39.3 Å². The molecule has 160 valence electrons. The third-order valence-corrected chi connectivity index (χ3v) is 4.86. The Morgan fingerprint density at radius 2 is 1.88 bits per heavy atom. The van der Waals surface area contributed by atoms with Crippen molar-refractivity contribution in [2.45, 2.75) is 6.92 Å². The smallest absolute Gasteiger partial charge is 0.255 e. The fourth-order valence-corrected chi connectivity index (χ4v) is 3.14. The maximum Gasteiger partial charge on any atom is 0.255 e. The molecule has 4 aromatic rings. The highest BCUT2D eigenvalue weighted by molar-refractivity contribution is 6.29. The first-order chi connectivity index (χ1) is 15.5. The maximum atomic E-state index is 12.7. The zero-order valence-corrected chi connectivity index (χ0v) is 18.1. The Bertz CT molecular complexity index is 1280. The first-order valence-corrected chi connectivity index (χ1v) is 10.0. The lowest BCUT2D eigenvalue weighted by molar-refractivity contribution is 0.102. The van der Waals surface area contributed by atoms with Crippen LogP contribution in [0.2, 0.25) is 5.15 Å². The van der Waals surface area contributed by atoms with E-state index >= 15 is 0 Å². The van der Waals surface area contributed by atoms with Crippen molar-refractivity contribution >= 4 is 40.5 Å². The number of nitrogens with zero attached hydrogens (tertiary/aromatic N) is 5. The third-order valence-electron chi connectivity index (χ3n) is 4.65. The minimum absolute atomic E-state index is 0.271. The van der Waals surface area contributed by atoms with E-state index < -0.39 is 0 Å². The van der Waals surface area contributed by atoms with Gasteiger partial charge in [-0.3, -0.25) is 4.79 Å². The predicted molar refractivity (Wildman–Crippen MR) is 124 cm³/mol. The molecule has 0 aliphatic rings. The average Bonchev–Trinajstić information content (AvgIpc) is 2.81. The number of carbonyl (C=O) groups is 1. The summed E-state index contributed by atoms with van der Waals surface area (Å²) in [4.78, 5) is 33.6. The molecule has 10 heteroatoms. The van der Waals surface area contributed by atoms with Gasteiger partial charge in [-0.1, -0.05) is 17.7 Å². The molecule has 0 saturated carbocycles. The minimum Gasteiger partial charge on any atom is -0.373 e. The summed E-state index contributed by atoms with van der Waals surface area (Å²) in [6.45, 7) is 1.94.